The summed E-state index contributed by atoms with van der Waals surface area (Å²) in [5.41, 5.74) is 3.67. The van der Waals surface area contributed by atoms with Crippen molar-refractivity contribution in [2.45, 2.75) is 90.8 Å². The highest BCUT2D eigenvalue weighted by atomic mass is 16.6. The fourth-order valence-electron chi connectivity index (χ4n) is 5.56. The zero-order chi connectivity index (χ0) is 30.0. The highest BCUT2D eigenvalue weighted by molar-refractivity contribution is 6.47. The summed E-state index contributed by atoms with van der Waals surface area (Å²) in [5.74, 6) is 1.63. The molecule has 1 saturated heterocycles. The van der Waals surface area contributed by atoms with Gasteiger partial charge in [0.1, 0.15) is 23.8 Å². The van der Waals surface area contributed by atoms with E-state index in [1.165, 1.54) is 0 Å². The van der Waals surface area contributed by atoms with Crippen molar-refractivity contribution in [3.8, 4) is 16.9 Å². The van der Waals surface area contributed by atoms with Gasteiger partial charge in [-0.05, 0) is 90.6 Å². The smallest absolute Gasteiger partial charge is 0.410 e. The number of H-pyrrole nitrogens is 1. The number of aliphatic hydroxyl groups is 1. The van der Waals surface area contributed by atoms with Crippen molar-refractivity contribution >= 4 is 40.8 Å². The molecule has 42 heavy (non-hydrogen) atoms. The number of nitrogens with zero attached hydrogens (tertiary/aromatic N) is 2. The van der Waals surface area contributed by atoms with Crippen molar-refractivity contribution < 1.29 is 24.0 Å². The molecule has 4 aromatic rings. The lowest BCUT2D eigenvalue weighted by Gasteiger charge is -2.37. The average Bonchev–Trinajstić information content (AvgIpc) is 3.57. The van der Waals surface area contributed by atoms with Crippen LogP contribution in [0.4, 0.5) is 4.79 Å². The molecule has 2 N–H and O–H groups in total. The van der Waals surface area contributed by atoms with Gasteiger partial charge in [-0.15, -0.1) is 0 Å². The van der Waals surface area contributed by atoms with Gasteiger partial charge in [-0.25, -0.2) is 9.78 Å². The minimum Gasteiger partial charge on any atom is -0.488 e. The molecule has 6 rings (SSSR count). The zero-order valence-corrected chi connectivity index (χ0v) is 25.5. The van der Waals surface area contributed by atoms with Gasteiger partial charge in [-0.2, -0.15) is 0 Å². The van der Waals surface area contributed by atoms with E-state index in [-0.39, 0.29) is 12.1 Å². The number of carbonyl (C=O) groups is 1. The highest BCUT2D eigenvalue weighted by Gasteiger charge is 2.37. The normalized spacial score (nSPS) is 17.2. The summed E-state index contributed by atoms with van der Waals surface area (Å²) in [7, 11) is 1.70. The molecule has 219 valence electrons. The fraction of sp³-hybridized carbons (Fsp3) is 0.455. The van der Waals surface area contributed by atoms with Crippen molar-refractivity contribution in [2.75, 3.05) is 6.54 Å². The molecule has 3 aromatic carbocycles. The molecule has 3 heterocycles. The van der Waals surface area contributed by atoms with Crippen LogP contribution in [0, 0.1) is 0 Å². The van der Waals surface area contributed by atoms with E-state index >= 15 is 0 Å². The van der Waals surface area contributed by atoms with Crippen molar-refractivity contribution in [1.82, 2.24) is 14.9 Å². The number of benzene rings is 3. The third-order valence-electron chi connectivity index (χ3n) is 8.57. The van der Waals surface area contributed by atoms with E-state index in [4.69, 9.17) is 19.1 Å². The lowest BCUT2D eigenvalue weighted by molar-refractivity contribution is -0.0893. The first-order valence-corrected chi connectivity index (χ1v) is 14.7. The van der Waals surface area contributed by atoms with Gasteiger partial charge in [0.2, 0.25) is 0 Å². The van der Waals surface area contributed by atoms with Crippen LogP contribution in [-0.2, 0) is 16.0 Å². The van der Waals surface area contributed by atoms with Gasteiger partial charge >= 0.3 is 13.6 Å². The Morgan fingerprint density at radius 2 is 1.79 bits per heavy atom. The van der Waals surface area contributed by atoms with Crippen molar-refractivity contribution in [3.05, 3.63) is 53.9 Å². The maximum Gasteiger partial charge on any atom is 0.410 e. The van der Waals surface area contributed by atoms with Crippen LogP contribution < -0.4 is 10.2 Å². The summed E-state index contributed by atoms with van der Waals surface area (Å²) in [6, 6.07) is 14.4. The lowest BCUT2D eigenvalue weighted by atomic mass is 9.80. The second kappa shape index (κ2) is 10.0. The van der Waals surface area contributed by atoms with Crippen LogP contribution in [-0.4, -0.2) is 56.9 Å². The van der Waals surface area contributed by atoms with Gasteiger partial charge in [0.05, 0.1) is 28.3 Å². The van der Waals surface area contributed by atoms with Crippen LogP contribution in [0.5, 0.6) is 5.75 Å². The summed E-state index contributed by atoms with van der Waals surface area (Å²) in [4.78, 5) is 23.2. The minimum atomic E-state index is -0.990. The molecule has 1 aromatic heterocycles. The first-order valence-electron chi connectivity index (χ1n) is 14.7. The van der Waals surface area contributed by atoms with E-state index in [0.717, 1.165) is 68.4 Å². The summed E-state index contributed by atoms with van der Waals surface area (Å²) in [5, 5.41) is 12.4. The minimum absolute atomic E-state index is 0.146. The van der Waals surface area contributed by atoms with Crippen LogP contribution in [0.1, 0.15) is 78.7 Å². The molecule has 1 atom stereocenters. The van der Waals surface area contributed by atoms with Crippen LogP contribution >= 0.6 is 0 Å². The standard InChI is InChI=1S/C33H39BN3O5/c1-31(2,3)41-30(38)37-16-8-9-26(37)29-35-25-15-14-24-22(27(25)36-29)12-13-23-21-11-10-20(17-19(21)18-40-28(23)24)34-42-33(6,7)32(4,5)39/h10-15,17,26,39H,8-9,16,18H2,1-7H3,(H,35,36). The largest absolute Gasteiger partial charge is 0.488 e. The number of ether oxygens (including phenoxy) is 2. The third kappa shape index (κ3) is 5.13. The number of hydrogen-bond acceptors (Lipinski definition) is 6. The highest BCUT2D eigenvalue weighted by Crippen LogP contribution is 2.44. The van der Waals surface area contributed by atoms with E-state index in [9.17, 15) is 9.90 Å². The van der Waals surface area contributed by atoms with Gasteiger partial charge in [0.25, 0.3) is 0 Å². The number of aromatic nitrogens is 2. The average molecular weight is 569 g/mol. The van der Waals surface area contributed by atoms with Gasteiger partial charge in [0, 0.05) is 22.9 Å². The molecule has 9 heteroatoms. The summed E-state index contributed by atoms with van der Waals surface area (Å²) >= 11 is 0. The number of rotatable bonds is 5. The Morgan fingerprint density at radius 3 is 2.52 bits per heavy atom. The van der Waals surface area contributed by atoms with Crippen LogP contribution in [0.2, 0.25) is 0 Å². The van der Waals surface area contributed by atoms with Crippen LogP contribution in [0.15, 0.2) is 42.5 Å². The Balaban J connectivity index is 1.30. The topological polar surface area (TPSA) is 96.9 Å². The lowest BCUT2D eigenvalue weighted by Crippen LogP contribution is -2.49. The van der Waals surface area contributed by atoms with Crippen molar-refractivity contribution in [1.29, 1.82) is 0 Å². The first-order chi connectivity index (χ1) is 19.7. The molecule has 1 radical (unpaired) electrons. The molecule has 8 nitrogen and oxygen atoms in total. The van der Waals surface area contributed by atoms with Crippen LogP contribution in [0.3, 0.4) is 0 Å². The number of hydrogen-bond donors (Lipinski definition) is 2. The zero-order valence-electron chi connectivity index (χ0n) is 25.5. The first kappa shape index (κ1) is 28.6. The third-order valence-corrected chi connectivity index (χ3v) is 8.57. The quantitative estimate of drug-likeness (QED) is 0.280. The summed E-state index contributed by atoms with van der Waals surface area (Å²) in [6.07, 6.45) is 1.45. The summed E-state index contributed by atoms with van der Waals surface area (Å²) < 4.78 is 18.0. The molecule has 0 bridgehead atoms. The Hall–Kier alpha value is -3.56. The predicted octanol–water partition coefficient (Wildman–Crippen LogP) is 6.16. The molecule has 0 saturated carbocycles. The molecule has 0 aliphatic carbocycles. The SMILES string of the molecule is CC(C)(C)OC(=O)N1CCCC1c1nc2c(ccc3c4c(ccc32)-c2ccc([B]OC(C)(C)C(C)(C)O)cc2CO4)[nH]1. The van der Waals surface area contributed by atoms with E-state index < -0.39 is 16.8 Å². The Morgan fingerprint density at radius 1 is 1.05 bits per heavy atom. The molecule has 1 fully saturated rings. The fourth-order valence-corrected chi connectivity index (χ4v) is 5.56. The molecule has 0 spiro atoms. The van der Waals surface area contributed by atoms with Gasteiger partial charge in [-0.3, -0.25) is 4.90 Å². The molecule has 1 unspecified atom stereocenters. The number of imidazole rings is 1. The number of fused-ring (bicyclic) bond motifs is 7. The van der Waals surface area contributed by atoms with Gasteiger partial charge < -0.3 is 24.2 Å². The maximum atomic E-state index is 12.9. The Bertz CT molecular complexity index is 1680. The van der Waals surface area contributed by atoms with Crippen molar-refractivity contribution in [3.63, 3.8) is 0 Å². The maximum absolute atomic E-state index is 12.9. The molecule has 2 aliphatic heterocycles. The monoisotopic (exact) mass is 568 g/mol. The summed E-state index contributed by atoms with van der Waals surface area (Å²) in [6.45, 7) is 14.0. The Labute approximate surface area is 247 Å². The second-order valence-electron chi connectivity index (χ2n) is 13.5. The number of nitrogens with one attached hydrogen (secondary N) is 1. The van der Waals surface area contributed by atoms with E-state index in [1.807, 2.05) is 46.8 Å². The van der Waals surface area contributed by atoms with Crippen LogP contribution in [0.25, 0.3) is 32.9 Å². The van der Waals surface area contributed by atoms with E-state index in [2.05, 4.69) is 35.3 Å². The number of carbonyl (C=O) groups excluding carboxylic acids is 1. The van der Waals surface area contributed by atoms with E-state index in [1.54, 1.807) is 26.2 Å². The van der Waals surface area contributed by atoms with Crippen molar-refractivity contribution in [2.24, 2.45) is 0 Å². The molecule has 1 amide bonds. The Kier molecular flexibility index (Phi) is 6.81. The van der Waals surface area contributed by atoms with Gasteiger partial charge in [0.15, 0.2) is 0 Å². The van der Waals surface area contributed by atoms with E-state index in [0.29, 0.717) is 13.2 Å². The molecular weight excluding hydrogens is 529 g/mol. The van der Waals surface area contributed by atoms with Gasteiger partial charge in [-0.1, -0.05) is 29.7 Å². The number of aromatic amines is 1. The molecular formula is C33H39BN3O5. The number of amides is 1. The second-order valence-corrected chi connectivity index (χ2v) is 13.5. The predicted molar refractivity (Wildman–Crippen MR) is 165 cm³/mol. The molecule has 2 aliphatic rings. The number of likely N-dealkylation sites (tertiary alicyclic amines) is 1.